The highest BCUT2D eigenvalue weighted by Gasteiger charge is 2.38. The molecule has 3 aromatic rings. The maximum absolute atomic E-state index is 13.1. The number of amides is 1. The number of carboxylic acids is 1. The topological polar surface area (TPSA) is 154 Å². The fourth-order valence-electron chi connectivity index (χ4n) is 4.99. The predicted octanol–water partition coefficient (Wildman–Crippen LogP) is 6.13. The van der Waals surface area contributed by atoms with E-state index in [1.54, 1.807) is 24.3 Å². The lowest BCUT2D eigenvalue weighted by molar-refractivity contribution is -0.192. The molecule has 0 atom stereocenters. The van der Waals surface area contributed by atoms with E-state index in [9.17, 15) is 26.4 Å². The molecule has 4 N–H and O–H groups in total. The number of hydrogen-bond acceptors (Lipinski definition) is 8. The second-order valence-electron chi connectivity index (χ2n) is 11.2. The number of hydrogen-bond donors (Lipinski definition) is 4. The molecule has 1 amide bonds. The molecule has 1 aromatic heterocycles. The minimum Gasteiger partial charge on any atom is -0.475 e. The molecular weight excluding hydrogens is 649 g/mol. The van der Waals surface area contributed by atoms with E-state index in [1.807, 2.05) is 30.3 Å². The van der Waals surface area contributed by atoms with Gasteiger partial charge >= 0.3 is 12.1 Å². The Morgan fingerprint density at radius 2 is 1.76 bits per heavy atom. The first-order chi connectivity index (χ1) is 21.6. The van der Waals surface area contributed by atoms with Crippen LogP contribution < -0.4 is 16.0 Å². The number of rotatable bonds is 5. The monoisotopic (exact) mass is 682 g/mol. The third-order valence-electron chi connectivity index (χ3n) is 7.50. The second-order valence-corrected chi connectivity index (χ2v) is 14.1. The van der Waals surface area contributed by atoms with Gasteiger partial charge in [-0.05, 0) is 86.9 Å². The van der Waals surface area contributed by atoms with Crippen molar-refractivity contribution in [2.24, 2.45) is 5.92 Å². The lowest BCUT2D eigenvalue weighted by Crippen LogP contribution is -2.42. The summed E-state index contributed by atoms with van der Waals surface area (Å²) in [5, 5.41) is 16.7. The molecule has 0 saturated carbocycles. The lowest BCUT2D eigenvalue weighted by Gasteiger charge is -2.32. The highest BCUT2D eigenvalue weighted by molar-refractivity contribution is 7.89. The van der Waals surface area contributed by atoms with Crippen LogP contribution >= 0.6 is 11.6 Å². The number of sulfonamides is 1. The van der Waals surface area contributed by atoms with Crippen LogP contribution in [0.15, 0.2) is 48.7 Å². The van der Waals surface area contributed by atoms with Crippen LogP contribution in [-0.2, 0) is 32.5 Å². The van der Waals surface area contributed by atoms with Crippen molar-refractivity contribution in [1.29, 1.82) is 0 Å². The van der Waals surface area contributed by atoms with Gasteiger partial charge < -0.3 is 21.1 Å². The van der Waals surface area contributed by atoms with Crippen LogP contribution in [0.4, 0.5) is 42.0 Å². The highest BCUT2D eigenvalue weighted by Crippen LogP contribution is 2.30. The third kappa shape index (κ3) is 9.30. The fourth-order valence-corrected chi connectivity index (χ4v) is 6.45. The Hall–Kier alpha value is -3.95. The van der Waals surface area contributed by atoms with E-state index >= 15 is 0 Å². The van der Waals surface area contributed by atoms with Gasteiger partial charge in [0.25, 0.3) is 0 Å². The lowest BCUT2D eigenvalue weighted by atomic mass is 9.94. The molecule has 46 heavy (non-hydrogen) atoms. The molecule has 248 valence electrons. The Labute approximate surface area is 269 Å². The number of nitrogens with one attached hydrogen (secondary N) is 3. The van der Waals surface area contributed by atoms with Crippen molar-refractivity contribution in [3.8, 4) is 0 Å². The number of alkyl halides is 3. The van der Waals surface area contributed by atoms with Crippen molar-refractivity contribution in [2.75, 3.05) is 29.0 Å². The largest absolute Gasteiger partial charge is 0.490 e. The first-order valence-corrected chi connectivity index (χ1v) is 16.4. The number of aromatic nitrogens is 2. The number of anilines is 5. The molecule has 11 nitrogen and oxygen atoms in total. The van der Waals surface area contributed by atoms with Crippen molar-refractivity contribution in [3.63, 3.8) is 0 Å². The molecule has 1 saturated heterocycles. The third-order valence-corrected chi connectivity index (χ3v) is 10.1. The van der Waals surface area contributed by atoms with Gasteiger partial charge in [-0.1, -0.05) is 23.7 Å². The first-order valence-electron chi connectivity index (χ1n) is 14.5. The van der Waals surface area contributed by atoms with Gasteiger partial charge in [-0.15, -0.1) is 0 Å². The van der Waals surface area contributed by atoms with Crippen LogP contribution in [0, 0.1) is 5.92 Å². The van der Waals surface area contributed by atoms with E-state index in [0.29, 0.717) is 49.1 Å². The minimum absolute atomic E-state index is 0.0604. The van der Waals surface area contributed by atoms with Gasteiger partial charge in [0, 0.05) is 36.6 Å². The van der Waals surface area contributed by atoms with Gasteiger partial charge in [0.2, 0.25) is 21.9 Å². The molecule has 1 fully saturated rings. The van der Waals surface area contributed by atoms with E-state index in [0.717, 1.165) is 41.0 Å². The molecule has 2 aliphatic rings. The minimum atomic E-state index is -5.08. The Morgan fingerprint density at radius 1 is 1.09 bits per heavy atom. The van der Waals surface area contributed by atoms with Crippen LogP contribution in [0.5, 0.6) is 0 Å². The van der Waals surface area contributed by atoms with E-state index in [2.05, 4.69) is 38.1 Å². The SMILES string of the molecule is CC(C)S(=O)(=O)N1CCC(CC(=O)Nc2ccc3cc2CCc2cccc(c2)Nc2ncc(Cl)c(n2)N3)CC1.O=C(O)C(F)(F)F. The van der Waals surface area contributed by atoms with Gasteiger partial charge in [0.05, 0.1) is 11.4 Å². The molecule has 0 unspecified atom stereocenters. The average molecular weight is 683 g/mol. The number of carboxylic acid groups (broad SMARTS) is 1. The maximum atomic E-state index is 13.1. The van der Waals surface area contributed by atoms with Gasteiger partial charge in [-0.25, -0.2) is 22.5 Å². The van der Waals surface area contributed by atoms with Gasteiger partial charge in [-0.2, -0.15) is 18.2 Å². The molecule has 6 bridgehead atoms. The van der Waals surface area contributed by atoms with E-state index in [-0.39, 0.29) is 11.8 Å². The van der Waals surface area contributed by atoms with Crippen molar-refractivity contribution < 1.29 is 36.3 Å². The number of halogens is 4. The van der Waals surface area contributed by atoms with Crippen molar-refractivity contribution in [1.82, 2.24) is 14.3 Å². The first kappa shape index (κ1) is 34.9. The zero-order chi connectivity index (χ0) is 33.6. The summed E-state index contributed by atoms with van der Waals surface area (Å²) in [6.45, 7) is 4.33. The number of fused-ring (bicyclic) bond motifs is 6. The van der Waals surface area contributed by atoms with Crippen LogP contribution in [-0.4, -0.2) is 64.2 Å². The Morgan fingerprint density at radius 3 is 2.41 bits per heavy atom. The van der Waals surface area contributed by atoms with Crippen LogP contribution in [0.25, 0.3) is 0 Å². The highest BCUT2D eigenvalue weighted by atomic mass is 35.5. The quantitative estimate of drug-likeness (QED) is 0.249. The van der Waals surface area contributed by atoms with Gasteiger partial charge in [-0.3, -0.25) is 4.79 Å². The van der Waals surface area contributed by atoms with Crippen LogP contribution in [0.2, 0.25) is 5.02 Å². The number of benzene rings is 2. The number of aliphatic carboxylic acids is 1. The molecule has 3 heterocycles. The summed E-state index contributed by atoms with van der Waals surface area (Å²) in [6, 6.07) is 13.9. The molecule has 0 radical (unpaired) electrons. The molecule has 2 aromatic carbocycles. The van der Waals surface area contributed by atoms with Crippen molar-refractivity contribution in [2.45, 2.75) is 57.4 Å². The number of nitrogens with zero attached hydrogens (tertiary/aromatic N) is 3. The molecule has 16 heteroatoms. The summed E-state index contributed by atoms with van der Waals surface area (Å²) in [4.78, 5) is 30.8. The van der Waals surface area contributed by atoms with Crippen LogP contribution in [0.1, 0.15) is 44.2 Å². The molecule has 0 spiro atoms. The smallest absolute Gasteiger partial charge is 0.475 e. The summed E-state index contributed by atoms with van der Waals surface area (Å²) in [5.41, 5.74) is 4.59. The number of carbonyl (C=O) groups excluding carboxylic acids is 1. The van der Waals surface area contributed by atoms with E-state index in [4.69, 9.17) is 21.5 Å². The number of carbonyl (C=O) groups is 2. The predicted molar refractivity (Wildman–Crippen MR) is 169 cm³/mol. The zero-order valence-corrected chi connectivity index (χ0v) is 26.6. The molecule has 5 rings (SSSR count). The average Bonchev–Trinajstić information content (AvgIpc) is 2.99. The Kier molecular flexibility index (Phi) is 11.1. The standard InChI is InChI=1S/C28H33ClN6O3S.C2HF3O2/c1-18(2)39(37,38)35-12-10-20(11-13-35)15-26(36)33-25-9-8-23-16-21(25)7-6-19-4-3-5-22(14-19)32-28-30-17-24(29)27(31-23)34-28;3-2(4,5)1(6)7/h3-5,8-9,14,16-18,20H,6-7,10-13,15H2,1-2H3,(H,33,36)(H2,30,31,32,34);(H,6,7). The Balaban J connectivity index is 0.000000617. The van der Waals surface area contributed by atoms with Gasteiger partial charge in [0.15, 0.2) is 5.82 Å². The summed E-state index contributed by atoms with van der Waals surface area (Å²) in [6.07, 6.45) is -0.299. The molecular formula is C30H34ClF3N6O5S. The molecule has 2 aliphatic heterocycles. The summed E-state index contributed by atoms with van der Waals surface area (Å²) >= 11 is 6.37. The van der Waals surface area contributed by atoms with Crippen molar-refractivity contribution >= 4 is 62.3 Å². The second kappa shape index (κ2) is 14.6. The summed E-state index contributed by atoms with van der Waals surface area (Å²) in [7, 11) is -3.26. The normalized spacial score (nSPS) is 15.5. The Bertz CT molecular complexity index is 1680. The maximum Gasteiger partial charge on any atom is 0.490 e. The van der Waals surface area contributed by atoms with Crippen LogP contribution in [0.3, 0.4) is 0 Å². The van der Waals surface area contributed by atoms with E-state index < -0.39 is 27.4 Å². The van der Waals surface area contributed by atoms with Crippen molar-refractivity contribution in [3.05, 3.63) is 64.8 Å². The number of aryl methyl sites for hydroxylation is 2. The number of piperidine rings is 1. The summed E-state index contributed by atoms with van der Waals surface area (Å²) in [5.74, 6) is -1.74. The van der Waals surface area contributed by atoms with E-state index in [1.165, 1.54) is 0 Å². The molecule has 0 aliphatic carbocycles. The zero-order valence-electron chi connectivity index (χ0n) is 25.1. The fraction of sp³-hybridized carbons (Fsp3) is 0.400. The van der Waals surface area contributed by atoms with Gasteiger partial charge in [0.1, 0.15) is 5.02 Å². The summed E-state index contributed by atoms with van der Waals surface area (Å²) < 4.78 is 58.2.